The van der Waals surface area contributed by atoms with Crippen LogP contribution in [0.3, 0.4) is 0 Å². The van der Waals surface area contributed by atoms with Crippen molar-refractivity contribution in [2.45, 2.75) is 32.7 Å². The molecule has 1 aromatic heterocycles. The van der Waals surface area contributed by atoms with Gasteiger partial charge in [-0.05, 0) is 18.4 Å². The molecule has 0 aromatic carbocycles. The lowest BCUT2D eigenvalue weighted by Gasteiger charge is -2.01. The zero-order valence-electron chi connectivity index (χ0n) is 8.66. The fraction of sp³-hybridized carbons (Fsp3) is 0.700. The molecular formula is C10H18N2O. The summed E-state index contributed by atoms with van der Waals surface area (Å²) in [5.41, 5.74) is 1.16. The largest absolute Gasteiger partial charge is 0.385 e. The molecule has 1 rings (SSSR count). The van der Waals surface area contributed by atoms with E-state index in [0.29, 0.717) is 5.92 Å². The van der Waals surface area contributed by atoms with Gasteiger partial charge in [-0.1, -0.05) is 13.8 Å². The van der Waals surface area contributed by atoms with Crippen molar-refractivity contribution < 1.29 is 4.74 Å². The number of hydrogen-bond acceptors (Lipinski definition) is 2. The van der Waals surface area contributed by atoms with Crippen LogP contribution in [0.1, 0.15) is 31.9 Å². The Kier molecular flexibility index (Phi) is 3.96. The highest BCUT2D eigenvalue weighted by Crippen LogP contribution is 2.10. The minimum Gasteiger partial charge on any atom is -0.385 e. The Hall–Kier alpha value is -0.830. The van der Waals surface area contributed by atoms with Gasteiger partial charge in [-0.3, -0.25) is 4.68 Å². The Morgan fingerprint density at radius 2 is 2.31 bits per heavy atom. The quantitative estimate of drug-likeness (QED) is 0.652. The van der Waals surface area contributed by atoms with E-state index in [9.17, 15) is 0 Å². The molecule has 1 aromatic rings. The molecule has 0 unspecified atom stereocenters. The highest BCUT2D eigenvalue weighted by Gasteiger charge is 2.02. The van der Waals surface area contributed by atoms with Crippen LogP contribution in [0.5, 0.6) is 0 Å². The van der Waals surface area contributed by atoms with Gasteiger partial charge in [0.2, 0.25) is 0 Å². The van der Waals surface area contributed by atoms with Crippen molar-refractivity contribution in [3.63, 3.8) is 0 Å². The lowest BCUT2D eigenvalue weighted by molar-refractivity contribution is 0.189. The Bertz CT molecular complexity index is 243. The van der Waals surface area contributed by atoms with E-state index in [1.54, 1.807) is 7.11 Å². The number of aryl methyl sites for hydroxylation is 1. The second-order valence-electron chi connectivity index (χ2n) is 3.50. The van der Waals surface area contributed by atoms with Gasteiger partial charge in [0.1, 0.15) is 0 Å². The normalized spacial score (nSPS) is 11.1. The van der Waals surface area contributed by atoms with Crippen LogP contribution >= 0.6 is 0 Å². The summed E-state index contributed by atoms with van der Waals surface area (Å²) < 4.78 is 6.96. The van der Waals surface area contributed by atoms with Gasteiger partial charge in [-0.15, -0.1) is 0 Å². The number of nitrogens with zero attached hydrogens (tertiary/aromatic N) is 2. The topological polar surface area (TPSA) is 27.1 Å². The first-order chi connectivity index (χ1) is 6.24. The zero-order valence-corrected chi connectivity index (χ0v) is 8.66. The molecule has 0 saturated carbocycles. The smallest absolute Gasteiger partial charge is 0.0649 e. The van der Waals surface area contributed by atoms with Crippen molar-refractivity contribution in [2.75, 3.05) is 13.7 Å². The molecule has 0 atom stereocenters. The van der Waals surface area contributed by atoms with Crippen LogP contribution in [0.25, 0.3) is 0 Å². The standard InChI is InChI=1S/C10H18N2O/c1-9(2)10-5-7-12(11-10)6-4-8-13-3/h5,7,9H,4,6,8H2,1-3H3. The van der Waals surface area contributed by atoms with Crippen molar-refractivity contribution in [1.82, 2.24) is 9.78 Å². The highest BCUT2D eigenvalue weighted by molar-refractivity contribution is 5.03. The second-order valence-corrected chi connectivity index (χ2v) is 3.50. The molecule has 3 nitrogen and oxygen atoms in total. The maximum absolute atomic E-state index is 4.98. The molecule has 74 valence electrons. The van der Waals surface area contributed by atoms with Gasteiger partial charge in [-0.2, -0.15) is 5.10 Å². The molecule has 1 heterocycles. The molecule has 0 fully saturated rings. The van der Waals surface area contributed by atoms with Crippen LogP contribution in [-0.2, 0) is 11.3 Å². The number of hydrogen-bond donors (Lipinski definition) is 0. The van der Waals surface area contributed by atoms with Crippen molar-refractivity contribution >= 4 is 0 Å². The maximum atomic E-state index is 4.98. The third-order valence-electron chi connectivity index (χ3n) is 1.99. The fourth-order valence-electron chi connectivity index (χ4n) is 1.18. The highest BCUT2D eigenvalue weighted by atomic mass is 16.5. The van der Waals surface area contributed by atoms with Gasteiger partial charge in [-0.25, -0.2) is 0 Å². The average molecular weight is 182 g/mol. The summed E-state index contributed by atoms with van der Waals surface area (Å²) in [6.07, 6.45) is 3.06. The SMILES string of the molecule is COCCCn1ccc(C(C)C)n1. The second kappa shape index (κ2) is 5.02. The summed E-state index contributed by atoms with van der Waals surface area (Å²) in [5.74, 6) is 0.517. The number of rotatable bonds is 5. The predicted molar refractivity (Wildman–Crippen MR) is 52.8 cm³/mol. The van der Waals surface area contributed by atoms with E-state index >= 15 is 0 Å². The lowest BCUT2D eigenvalue weighted by atomic mass is 10.1. The zero-order chi connectivity index (χ0) is 9.68. The molecule has 0 bridgehead atoms. The van der Waals surface area contributed by atoms with Gasteiger partial charge in [0.05, 0.1) is 5.69 Å². The molecule has 0 saturated heterocycles. The van der Waals surface area contributed by atoms with Crippen molar-refractivity contribution in [3.05, 3.63) is 18.0 Å². The molecule has 0 N–H and O–H groups in total. The van der Waals surface area contributed by atoms with Gasteiger partial charge < -0.3 is 4.74 Å². The monoisotopic (exact) mass is 182 g/mol. The first-order valence-corrected chi connectivity index (χ1v) is 4.76. The van der Waals surface area contributed by atoms with Gasteiger partial charge in [0.15, 0.2) is 0 Å². The predicted octanol–water partition coefficient (Wildman–Crippen LogP) is 2.04. The third-order valence-corrected chi connectivity index (χ3v) is 1.99. The number of aromatic nitrogens is 2. The molecule has 3 heteroatoms. The Labute approximate surface area is 79.7 Å². The van der Waals surface area contributed by atoms with Crippen molar-refractivity contribution in [2.24, 2.45) is 0 Å². The van der Waals surface area contributed by atoms with E-state index in [-0.39, 0.29) is 0 Å². The molecule has 0 spiro atoms. The summed E-state index contributed by atoms with van der Waals surface area (Å²) in [7, 11) is 1.72. The molecule has 13 heavy (non-hydrogen) atoms. The van der Waals surface area contributed by atoms with Crippen LogP contribution in [0.15, 0.2) is 12.3 Å². The first kappa shape index (κ1) is 10.3. The summed E-state index contributed by atoms with van der Waals surface area (Å²) in [4.78, 5) is 0. The van der Waals surface area contributed by atoms with Crippen LogP contribution in [0.2, 0.25) is 0 Å². The van der Waals surface area contributed by atoms with Crippen LogP contribution in [0, 0.1) is 0 Å². The van der Waals surface area contributed by atoms with Crippen LogP contribution in [-0.4, -0.2) is 23.5 Å². The average Bonchev–Trinajstić information content (AvgIpc) is 2.53. The Morgan fingerprint density at radius 3 is 2.85 bits per heavy atom. The minimum atomic E-state index is 0.517. The Morgan fingerprint density at radius 1 is 1.54 bits per heavy atom. The summed E-state index contributed by atoms with van der Waals surface area (Å²) in [6, 6.07) is 2.08. The summed E-state index contributed by atoms with van der Waals surface area (Å²) >= 11 is 0. The molecule has 0 radical (unpaired) electrons. The first-order valence-electron chi connectivity index (χ1n) is 4.76. The molecule has 0 amide bonds. The molecular weight excluding hydrogens is 164 g/mol. The number of methoxy groups -OCH3 is 1. The molecule has 0 aliphatic rings. The van der Waals surface area contributed by atoms with E-state index in [0.717, 1.165) is 25.3 Å². The van der Waals surface area contributed by atoms with E-state index in [1.807, 2.05) is 10.9 Å². The van der Waals surface area contributed by atoms with E-state index in [1.165, 1.54) is 0 Å². The Balaban J connectivity index is 2.40. The van der Waals surface area contributed by atoms with Crippen LogP contribution in [0.4, 0.5) is 0 Å². The molecule has 0 aliphatic heterocycles. The third kappa shape index (κ3) is 3.19. The summed E-state index contributed by atoms with van der Waals surface area (Å²) in [5, 5.41) is 4.44. The number of ether oxygens (including phenoxy) is 1. The maximum Gasteiger partial charge on any atom is 0.0649 e. The van der Waals surface area contributed by atoms with E-state index in [2.05, 4.69) is 25.0 Å². The minimum absolute atomic E-state index is 0.517. The van der Waals surface area contributed by atoms with Gasteiger partial charge in [0, 0.05) is 26.5 Å². The van der Waals surface area contributed by atoms with E-state index in [4.69, 9.17) is 4.74 Å². The van der Waals surface area contributed by atoms with E-state index < -0.39 is 0 Å². The lowest BCUT2D eigenvalue weighted by Crippen LogP contribution is -2.02. The van der Waals surface area contributed by atoms with Gasteiger partial charge in [0.25, 0.3) is 0 Å². The molecule has 0 aliphatic carbocycles. The van der Waals surface area contributed by atoms with Crippen molar-refractivity contribution in [1.29, 1.82) is 0 Å². The van der Waals surface area contributed by atoms with Crippen LogP contribution < -0.4 is 0 Å². The van der Waals surface area contributed by atoms with Gasteiger partial charge >= 0.3 is 0 Å². The fourth-order valence-corrected chi connectivity index (χ4v) is 1.18. The van der Waals surface area contributed by atoms with Crippen molar-refractivity contribution in [3.8, 4) is 0 Å². The summed E-state index contributed by atoms with van der Waals surface area (Å²) in [6.45, 7) is 6.06.